The number of benzene rings is 2. The summed E-state index contributed by atoms with van der Waals surface area (Å²) in [6.45, 7) is 12.9. The van der Waals surface area contributed by atoms with Crippen LogP contribution < -0.4 is 0 Å². The van der Waals surface area contributed by atoms with Gasteiger partial charge in [-0.05, 0) is 97.3 Å². The minimum atomic E-state index is -0.552. The molecule has 264 valence electrons. The zero-order valence-corrected chi connectivity index (χ0v) is 29.3. The van der Waals surface area contributed by atoms with Crippen molar-refractivity contribution < 1.29 is 42.3 Å². The number of hydrogen-bond donors (Lipinski definition) is 0. The molecule has 0 unspecified atom stereocenters. The van der Waals surface area contributed by atoms with E-state index in [1.165, 1.54) is 32.4 Å². The molecular weight excluding hydrogens is 624 g/mol. The lowest BCUT2D eigenvalue weighted by Crippen LogP contribution is -2.41. The van der Waals surface area contributed by atoms with Crippen LogP contribution in [0.1, 0.15) is 111 Å². The van der Waals surface area contributed by atoms with Gasteiger partial charge in [0.1, 0.15) is 29.1 Å². The van der Waals surface area contributed by atoms with Crippen molar-refractivity contribution in [2.45, 2.75) is 90.3 Å². The van der Waals surface area contributed by atoms with Crippen molar-refractivity contribution in [2.24, 2.45) is 0 Å². The van der Waals surface area contributed by atoms with Crippen LogP contribution >= 0.6 is 0 Å². The van der Waals surface area contributed by atoms with Crippen molar-refractivity contribution in [1.29, 1.82) is 0 Å². The van der Waals surface area contributed by atoms with Crippen molar-refractivity contribution in [3.63, 3.8) is 0 Å². The molecule has 2 aliphatic heterocycles. The number of hydroxylamine groups is 2. The quantitative estimate of drug-likeness (QED) is 0.242. The van der Waals surface area contributed by atoms with E-state index in [1.54, 1.807) is 28.0 Å². The van der Waals surface area contributed by atoms with E-state index in [9.17, 15) is 28.0 Å². The van der Waals surface area contributed by atoms with Crippen molar-refractivity contribution in [3.8, 4) is 0 Å². The zero-order chi connectivity index (χ0) is 35.8. The van der Waals surface area contributed by atoms with E-state index in [0.717, 1.165) is 5.06 Å². The molecule has 2 saturated heterocycles. The molecule has 0 bridgehead atoms. The van der Waals surface area contributed by atoms with Crippen LogP contribution in [0.2, 0.25) is 0 Å². The summed E-state index contributed by atoms with van der Waals surface area (Å²) >= 11 is 0. The standard InChI is InChI=1S/C19H27FN2O4.C17H22FNO3/c1-19(2,3)26-18(24)22-11-9-13(10-12-22)16-14(7-6-8-15(16)20)17(23)21(4)25-5;1-17(2,3)22-16(21)19-9-7-12(8-10-19)15-13(11-20)5-4-6-14(15)18/h6-8,13H,9-12H2,1-5H3;4-6,11-12H,7-10H2,1-3H3. The van der Waals surface area contributed by atoms with Gasteiger partial charge in [0.15, 0.2) is 0 Å². The van der Waals surface area contributed by atoms with Gasteiger partial charge in [0, 0.05) is 55.5 Å². The summed E-state index contributed by atoms with van der Waals surface area (Å²) in [5.41, 5.74) is 0.487. The highest BCUT2D eigenvalue weighted by molar-refractivity contribution is 5.95. The maximum atomic E-state index is 14.5. The van der Waals surface area contributed by atoms with Gasteiger partial charge in [-0.15, -0.1) is 0 Å². The average Bonchev–Trinajstić information content (AvgIpc) is 3.02. The third-order valence-corrected chi connectivity index (χ3v) is 8.17. The van der Waals surface area contributed by atoms with Gasteiger partial charge in [-0.25, -0.2) is 23.4 Å². The Hall–Kier alpha value is -4.06. The number of ether oxygens (including phenoxy) is 2. The number of aldehydes is 1. The second-order valence-electron chi connectivity index (χ2n) is 14.0. The Balaban J connectivity index is 0.000000264. The van der Waals surface area contributed by atoms with E-state index in [4.69, 9.17) is 14.3 Å². The molecule has 0 aromatic heterocycles. The predicted octanol–water partition coefficient (Wildman–Crippen LogP) is 7.33. The number of nitrogens with zero attached hydrogens (tertiary/aromatic N) is 3. The van der Waals surface area contributed by atoms with E-state index < -0.39 is 22.9 Å². The van der Waals surface area contributed by atoms with Gasteiger partial charge in [-0.1, -0.05) is 18.2 Å². The van der Waals surface area contributed by atoms with Crippen molar-refractivity contribution in [3.05, 3.63) is 70.3 Å². The van der Waals surface area contributed by atoms with Crippen LogP contribution in [0.25, 0.3) is 0 Å². The predicted molar refractivity (Wildman–Crippen MR) is 177 cm³/mol. The molecule has 2 heterocycles. The van der Waals surface area contributed by atoms with Gasteiger partial charge in [-0.3, -0.25) is 14.4 Å². The highest BCUT2D eigenvalue weighted by atomic mass is 19.1. The normalized spacial score (nSPS) is 16.0. The molecule has 0 N–H and O–H groups in total. The Morgan fingerprint density at radius 1 is 0.750 bits per heavy atom. The Kier molecular flexibility index (Phi) is 13.1. The van der Waals surface area contributed by atoms with Gasteiger partial charge in [-0.2, -0.15) is 0 Å². The maximum Gasteiger partial charge on any atom is 0.410 e. The smallest absolute Gasteiger partial charge is 0.410 e. The molecule has 12 heteroatoms. The Labute approximate surface area is 282 Å². The number of hydrogen-bond acceptors (Lipinski definition) is 7. The summed E-state index contributed by atoms with van der Waals surface area (Å²) in [4.78, 5) is 56.0. The van der Waals surface area contributed by atoms with Crippen LogP contribution in [0.4, 0.5) is 18.4 Å². The molecule has 0 atom stereocenters. The largest absolute Gasteiger partial charge is 0.444 e. The lowest BCUT2D eigenvalue weighted by molar-refractivity contribution is -0.0758. The second-order valence-corrected chi connectivity index (χ2v) is 14.0. The number of rotatable bonds is 5. The van der Waals surface area contributed by atoms with Gasteiger partial charge in [0.05, 0.1) is 7.11 Å². The molecule has 10 nitrogen and oxygen atoms in total. The van der Waals surface area contributed by atoms with E-state index in [0.29, 0.717) is 80.4 Å². The molecule has 0 spiro atoms. The van der Waals surface area contributed by atoms with Crippen LogP contribution in [0, 0.1) is 11.6 Å². The van der Waals surface area contributed by atoms with E-state index in [1.807, 2.05) is 41.5 Å². The monoisotopic (exact) mass is 673 g/mol. The van der Waals surface area contributed by atoms with Crippen molar-refractivity contribution >= 4 is 24.4 Å². The summed E-state index contributed by atoms with van der Waals surface area (Å²) in [7, 11) is 2.87. The lowest BCUT2D eigenvalue weighted by atomic mass is 9.86. The molecule has 2 aromatic carbocycles. The molecule has 2 aromatic rings. The molecule has 4 rings (SSSR count). The first-order chi connectivity index (χ1) is 22.5. The third-order valence-electron chi connectivity index (χ3n) is 8.17. The van der Waals surface area contributed by atoms with Gasteiger partial charge < -0.3 is 19.3 Å². The molecule has 2 aliphatic rings. The Morgan fingerprint density at radius 2 is 1.17 bits per heavy atom. The van der Waals surface area contributed by atoms with Crippen molar-refractivity contribution in [1.82, 2.24) is 14.9 Å². The van der Waals surface area contributed by atoms with Crippen LogP contribution in [-0.2, 0) is 14.3 Å². The molecular formula is C36H49F2N3O7. The van der Waals surface area contributed by atoms with Gasteiger partial charge in [0.25, 0.3) is 5.91 Å². The molecule has 3 amide bonds. The van der Waals surface area contributed by atoms with E-state index in [2.05, 4.69) is 0 Å². The van der Waals surface area contributed by atoms with Crippen LogP contribution in [0.3, 0.4) is 0 Å². The second kappa shape index (κ2) is 16.4. The van der Waals surface area contributed by atoms with Crippen LogP contribution in [0.15, 0.2) is 36.4 Å². The number of amides is 3. The summed E-state index contributed by atoms with van der Waals surface area (Å²) in [5.74, 6) is -1.33. The molecule has 0 radical (unpaired) electrons. The lowest BCUT2D eigenvalue weighted by Gasteiger charge is -2.34. The molecule has 2 fully saturated rings. The summed E-state index contributed by atoms with van der Waals surface area (Å²) in [6, 6.07) is 9.04. The number of piperidine rings is 2. The van der Waals surface area contributed by atoms with Crippen LogP contribution in [0.5, 0.6) is 0 Å². The number of carbonyl (C=O) groups excluding carboxylic acids is 4. The topological polar surface area (TPSA) is 106 Å². The zero-order valence-electron chi connectivity index (χ0n) is 29.3. The SMILES string of the molecule is CC(C)(C)OC(=O)N1CCC(c2c(F)cccc2C=O)CC1.CON(C)C(=O)c1cccc(F)c1C1CCN(C(=O)OC(C)(C)C)CC1. The number of carbonyl (C=O) groups is 4. The Morgan fingerprint density at radius 3 is 1.58 bits per heavy atom. The fourth-order valence-corrected chi connectivity index (χ4v) is 5.83. The number of likely N-dealkylation sites (tertiary alicyclic amines) is 2. The van der Waals surface area contributed by atoms with Crippen LogP contribution in [-0.4, -0.2) is 90.8 Å². The first kappa shape index (κ1) is 38.4. The molecule has 0 aliphatic carbocycles. The minimum absolute atomic E-state index is 0.0416. The third kappa shape index (κ3) is 10.5. The fraction of sp³-hybridized carbons (Fsp3) is 0.556. The fourth-order valence-electron chi connectivity index (χ4n) is 5.83. The highest BCUT2D eigenvalue weighted by Gasteiger charge is 2.32. The van der Waals surface area contributed by atoms with E-state index in [-0.39, 0.29) is 29.8 Å². The first-order valence-electron chi connectivity index (χ1n) is 16.3. The maximum absolute atomic E-state index is 14.5. The van der Waals surface area contributed by atoms with Gasteiger partial charge in [0.2, 0.25) is 0 Å². The first-order valence-corrected chi connectivity index (χ1v) is 16.3. The van der Waals surface area contributed by atoms with Crippen molar-refractivity contribution in [2.75, 3.05) is 40.3 Å². The highest BCUT2D eigenvalue weighted by Crippen LogP contribution is 2.34. The molecule has 0 saturated carbocycles. The van der Waals surface area contributed by atoms with E-state index >= 15 is 0 Å². The summed E-state index contributed by atoms with van der Waals surface area (Å²) < 4.78 is 39.3. The number of halogens is 2. The summed E-state index contributed by atoms with van der Waals surface area (Å²) in [5, 5.41) is 1.08. The summed E-state index contributed by atoms with van der Waals surface area (Å²) in [6.07, 6.45) is 2.38. The van der Waals surface area contributed by atoms with Gasteiger partial charge >= 0.3 is 12.2 Å². The average molecular weight is 674 g/mol. The molecule has 48 heavy (non-hydrogen) atoms. The minimum Gasteiger partial charge on any atom is -0.444 e. The Bertz CT molecular complexity index is 1440.